The summed E-state index contributed by atoms with van der Waals surface area (Å²) in [5.74, 6) is 0. The van der Waals surface area contributed by atoms with Crippen LogP contribution in [0.4, 0.5) is 0 Å². The smallest absolute Gasteiger partial charge is 0.0105 e. The Morgan fingerprint density at radius 2 is 0.655 bits per heavy atom. The van der Waals surface area contributed by atoms with Gasteiger partial charge >= 0.3 is 0 Å². The Hall–Kier alpha value is -7.02. The Kier molecular flexibility index (Phi) is 11.4. The van der Waals surface area contributed by atoms with Gasteiger partial charge in [-0.15, -0.1) is 0 Å². The van der Waals surface area contributed by atoms with Gasteiger partial charge < -0.3 is 0 Å². The van der Waals surface area contributed by atoms with E-state index in [1.807, 2.05) is 0 Å². The van der Waals surface area contributed by atoms with Crippen molar-refractivity contribution in [2.24, 2.45) is 0 Å². The van der Waals surface area contributed by atoms with Crippen molar-refractivity contribution >= 4 is 58.4 Å². The molecule has 0 saturated carbocycles. The second-order valence-corrected chi connectivity index (χ2v) is 15.4. The highest BCUT2D eigenvalue weighted by molar-refractivity contribution is 5.96. The third kappa shape index (κ3) is 9.32. The van der Waals surface area contributed by atoms with Crippen molar-refractivity contribution in [3.8, 4) is 0 Å². The second-order valence-electron chi connectivity index (χ2n) is 15.4. The van der Waals surface area contributed by atoms with E-state index in [0.29, 0.717) is 0 Å². The van der Waals surface area contributed by atoms with Crippen molar-refractivity contribution in [2.45, 2.75) is 27.7 Å². The summed E-state index contributed by atoms with van der Waals surface area (Å²) in [6, 6.07) is 66.1. The first-order valence-corrected chi connectivity index (χ1v) is 20.1. The third-order valence-electron chi connectivity index (χ3n) is 10.8. The average molecular weight is 745 g/mol. The number of hydrogen-bond acceptors (Lipinski definition) is 0. The predicted octanol–water partition coefficient (Wildman–Crippen LogP) is 15.6. The summed E-state index contributed by atoms with van der Waals surface area (Å²) in [6.07, 6.45) is 13.5. The fourth-order valence-electron chi connectivity index (χ4n) is 7.32. The van der Waals surface area contributed by atoms with Crippen molar-refractivity contribution in [1.29, 1.82) is 0 Å². The fourth-order valence-corrected chi connectivity index (χ4v) is 7.32. The van der Waals surface area contributed by atoms with Gasteiger partial charge in [-0.2, -0.15) is 0 Å². The van der Waals surface area contributed by atoms with Crippen molar-refractivity contribution in [3.05, 3.63) is 260 Å². The van der Waals surface area contributed by atoms with Crippen molar-refractivity contribution in [2.75, 3.05) is 0 Å². The number of fused-ring (bicyclic) bond motifs is 1. The first-order valence-electron chi connectivity index (χ1n) is 20.1. The molecule has 58 heavy (non-hydrogen) atoms. The summed E-state index contributed by atoms with van der Waals surface area (Å²) >= 11 is 0. The number of aryl methyl sites for hydroxylation is 4. The second kappa shape index (κ2) is 17.4. The quantitative estimate of drug-likeness (QED) is 0.122. The molecule has 0 heteroatoms. The zero-order valence-corrected chi connectivity index (χ0v) is 33.8. The number of rotatable bonds is 10. The van der Waals surface area contributed by atoms with Gasteiger partial charge in [-0.05, 0) is 130 Å². The van der Waals surface area contributed by atoms with Gasteiger partial charge in [0.25, 0.3) is 0 Å². The molecule has 0 radical (unpaired) electrons. The largest absolute Gasteiger partial charge is 0.0616 e. The lowest BCUT2D eigenvalue weighted by atomic mass is 9.94. The molecule has 0 heterocycles. The monoisotopic (exact) mass is 744 g/mol. The molecule has 8 aromatic rings. The molecule has 8 rings (SSSR count). The zero-order chi connectivity index (χ0) is 39.8. The van der Waals surface area contributed by atoms with Crippen LogP contribution in [0.5, 0.6) is 0 Å². The van der Waals surface area contributed by atoms with Crippen molar-refractivity contribution < 1.29 is 0 Å². The molecule has 0 saturated heterocycles. The molecule has 280 valence electrons. The van der Waals surface area contributed by atoms with Crippen LogP contribution in [-0.4, -0.2) is 0 Å². The maximum atomic E-state index is 2.30. The Bertz CT molecular complexity index is 2670. The molecular formula is C58H48. The molecule has 0 N–H and O–H groups in total. The molecule has 8 aromatic carbocycles. The molecule has 0 atom stereocenters. The molecule has 0 amide bonds. The maximum absolute atomic E-state index is 2.30. The minimum Gasteiger partial charge on any atom is -0.0616 e. The zero-order valence-electron chi connectivity index (χ0n) is 33.8. The van der Waals surface area contributed by atoms with Crippen molar-refractivity contribution in [1.82, 2.24) is 0 Å². The Morgan fingerprint density at radius 3 is 1.07 bits per heavy atom. The standard InChI is InChI=1S/C58H48/c1-41-9-28-50(29-10-41)57(51-30-11-42(2)12-31-51)39-47-22-17-45(18-23-47)21-26-49-37-54-7-5-6-8-56(54)55(38-49)36-27-46-19-24-48(25-20-46)40-58(52-32-13-43(3)14-33-52)53-34-15-44(4)16-35-53/h5-40H,1-4H3/b26-21+,36-27+. The molecule has 0 spiro atoms. The van der Waals surface area contributed by atoms with Gasteiger partial charge in [-0.25, -0.2) is 0 Å². The van der Waals surface area contributed by atoms with Gasteiger partial charge in [-0.3, -0.25) is 0 Å². The maximum Gasteiger partial charge on any atom is -0.0105 e. The van der Waals surface area contributed by atoms with E-state index in [1.165, 1.54) is 88.7 Å². The summed E-state index contributed by atoms with van der Waals surface area (Å²) in [4.78, 5) is 0. The van der Waals surface area contributed by atoms with Crippen LogP contribution in [0.25, 0.3) is 58.4 Å². The molecule has 0 aliphatic rings. The molecule has 0 fully saturated rings. The normalized spacial score (nSPS) is 11.3. The van der Waals surface area contributed by atoms with Crippen molar-refractivity contribution in [3.63, 3.8) is 0 Å². The van der Waals surface area contributed by atoms with Gasteiger partial charge in [0.15, 0.2) is 0 Å². The summed E-state index contributed by atoms with van der Waals surface area (Å²) in [5, 5.41) is 2.47. The Labute approximate surface area is 344 Å². The molecule has 0 bridgehead atoms. The van der Waals surface area contributed by atoms with Gasteiger partial charge in [0.1, 0.15) is 0 Å². The molecular weight excluding hydrogens is 697 g/mol. The fraction of sp³-hybridized carbons (Fsp3) is 0.0690. The van der Waals surface area contributed by atoms with Gasteiger partial charge in [0.05, 0.1) is 0 Å². The van der Waals surface area contributed by atoms with E-state index in [4.69, 9.17) is 0 Å². The predicted molar refractivity (Wildman–Crippen MR) is 253 cm³/mol. The summed E-state index contributed by atoms with van der Waals surface area (Å²) in [5.41, 5.74) is 19.4. The van der Waals surface area contributed by atoms with E-state index in [9.17, 15) is 0 Å². The van der Waals surface area contributed by atoms with Crippen LogP contribution in [0.1, 0.15) is 77.9 Å². The van der Waals surface area contributed by atoms with Crippen LogP contribution in [-0.2, 0) is 0 Å². The topological polar surface area (TPSA) is 0 Å². The highest BCUT2D eigenvalue weighted by Crippen LogP contribution is 2.30. The van der Waals surface area contributed by atoms with Crippen LogP contribution < -0.4 is 0 Å². The van der Waals surface area contributed by atoms with Crippen LogP contribution in [0.15, 0.2) is 182 Å². The van der Waals surface area contributed by atoms with E-state index in [-0.39, 0.29) is 0 Å². The van der Waals surface area contributed by atoms with Crippen LogP contribution in [0.3, 0.4) is 0 Å². The minimum absolute atomic E-state index is 1.16. The lowest BCUT2D eigenvalue weighted by molar-refractivity contribution is 1.43. The minimum atomic E-state index is 1.16. The van der Waals surface area contributed by atoms with E-state index in [0.717, 1.165) is 11.1 Å². The van der Waals surface area contributed by atoms with Gasteiger partial charge in [0.2, 0.25) is 0 Å². The SMILES string of the molecule is Cc1ccc(C(=Cc2ccc(/C=C/c3cc(/C=C/c4ccc(C=C(c5ccc(C)cc5)c5ccc(C)cc5)cc4)c4ccccc4c3)cc2)c2ccc(C)cc2)cc1. The summed E-state index contributed by atoms with van der Waals surface area (Å²) in [7, 11) is 0. The summed E-state index contributed by atoms with van der Waals surface area (Å²) < 4.78 is 0. The van der Waals surface area contributed by atoms with Gasteiger partial charge in [-0.1, -0.05) is 216 Å². The third-order valence-corrected chi connectivity index (χ3v) is 10.8. The van der Waals surface area contributed by atoms with E-state index in [2.05, 4.69) is 246 Å². The van der Waals surface area contributed by atoms with Crippen LogP contribution in [0, 0.1) is 27.7 Å². The first kappa shape index (κ1) is 37.9. The number of benzene rings is 8. The van der Waals surface area contributed by atoms with E-state index in [1.54, 1.807) is 0 Å². The first-order chi connectivity index (χ1) is 28.3. The molecule has 0 aromatic heterocycles. The highest BCUT2D eigenvalue weighted by atomic mass is 14.1. The molecule has 0 aliphatic heterocycles. The Balaban J connectivity index is 1.03. The molecule has 0 unspecified atom stereocenters. The van der Waals surface area contributed by atoms with E-state index >= 15 is 0 Å². The molecule has 0 nitrogen and oxygen atoms in total. The Morgan fingerprint density at radius 1 is 0.310 bits per heavy atom. The average Bonchev–Trinajstić information content (AvgIpc) is 3.25. The lowest BCUT2D eigenvalue weighted by Gasteiger charge is -2.10. The van der Waals surface area contributed by atoms with Gasteiger partial charge in [0, 0.05) is 0 Å². The van der Waals surface area contributed by atoms with E-state index < -0.39 is 0 Å². The highest BCUT2D eigenvalue weighted by Gasteiger charge is 2.08. The van der Waals surface area contributed by atoms with Crippen LogP contribution in [0.2, 0.25) is 0 Å². The lowest BCUT2D eigenvalue weighted by Crippen LogP contribution is -1.89. The number of hydrogen-bond donors (Lipinski definition) is 0. The molecule has 0 aliphatic carbocycles. The summed E-state index contributed by atoms with van der Waals surface area (Å²) in [6.45, 7) is 8.54. The van der Waals surface area contributed by atoms with Crippen LogP contribution >= 0.6 is 0 Å².